The zero-order valence-electron chi connectivity index (χ0n) is 16.9. The van der Waals surface area contributed by atoms with E-state index in [1.54, 1.807) is 0 Å². The van der Waals surface area contributed by atoms with E-state index in [-0.39, 0.29) is 36.9 Å². The molecule has 0 bridgehead atoms. The predicted octanol–water partition coefficient (Wildman–Crippen LogP) is 3.53. The number of hydrogen-bond acceptors (Lipinski definition) is 3. The molecule has 2 fully saturated rings. The summed E-state index contributed by atoms with van der Waals surface area (Å²) in [5.74, 6) is 0.133. The number of carbonyl (C=O) groups excluding carboxylic acids is 3. The van der Waals surface area contributed by atoms with Gasteiger partial charge in [-0.25, -0.2) is 4.79 Å². The smallest absolute Gasteiger partial charge is 0.325 e. The topological polar surface area (TPSA) is 78.5 Å². The lowest BCUT2D eigenvalue weighted by molar-refractivity contribution is -0.132. The van der Waals surface area contributed by atoms with Gasteiger partial charge in [0, 0.05) is 13.0 Å². The standard InChI is InChI=1S/C22H31N3O3/c1-16(2)15-18(17-9-5-3-6-10-17)23-19(26)11-14-25-20(27)22(24-21(25)28)12-7-4-8-13-22/h3,5-6,9-10,16,18H,4,7-8,11-15H2,1-2H3,(H,23,26)(H,24,28). The minimum atomic E-state index is -0.726. The molecule has 0 radical (unpaired) electrons. The number of nitrogens with zero attached hydrogens (tertiary/aromatic N) is 1. The van der Waals surface area contributed by atoms with E-state index in [0.29, 0.717) is 18.8 Å². The lowest BCUT2D eigenvalue weighted by Gasteiger charge is -2.30. The van der Waals surface area contributed by atoms with Crippen LogP contribution in [-0.2, 0) is 9.59 Å². The fraction of sp³-hybridized carbons (Fsp3) is 0.591. The van der Waals surface area contributed by atoms with Gasteiger partial charge in [-0.2, -0.15) is 0 Å². The van der Waals surface area contributed by atoms with Gasteiger partial charge in [-0.3, -0.25) is 14.5 Å². The highest BCUT2D eigenvalue weighted by atomic mass is 16.2. The molecule has 1 heterocycles. The summed E-state index contributed by atoms with van der Waals surface area (Å²) in [5, 5.41) is 5.97. The molecule has 1 saturated heterocycles. The first kappa shape index (κ1) is 20.4. The molecule has 1 spiro atoms. The first-order chi connectivity index (χ1) is 13.4. The van der Waals surface area contributed by atoms with Gasteiger partial charge >= 0.3 is 6.03 Å². The van der Waals surface area contributed by atoms with E-state index in [1.165, 1.54) is 4.90 Å². The van der Waals surface area contributed by atoms with E-state index >= 15 is 0 Å². The van der Waals surface area contributed by atoms with Crippen LogP contribution in [0, 0.1) is 5.92 Å². The quantitative estimate of drug-likeness (QED) is 0.705. The summed E-state index contributed by atoms with van der Waals surface area (Å²) in [6.07, 6.45) is 5.36. The van der Waals surface area contributed by atoms with Crippen LogP contribution in [0.25, 0.3) is 0 Å². The van der Waals surface area contributed by atoms with Gasteiger partial charge in [-0.1, -0.05) is 63.4 Å². The van der Waals surface area contributed by atoms with Gasteiger partial charge in [0.05, 0.1) is 6.04 Å². The van der Waals surface area contributed by atoms with E-state index in [9.17, 15) is 14.4 Å². The molecule has 1 aromatic rings. The SMILES string of the molecule is CC(C)CC(NC(=O)CCN1C(=O)NC2(CCCCC2)C1=O)c1ccccc1. The molecular weight excluding hydrogens is 354 g/mol. The van der Waals surface area contributed by atoms with Crippen LogP contribution in [-0.4, -0.2) is 34.8 Å². The van der Waals surface area contributed by atoms with E-state index < -0.39 is 5.54 Å². The lowest BCUT2D eigenvalue weighted by Crippen LogP contribution is -2.48. The molecule has 1 aliphatic carbocycles. The number of hydrogen-bond donors (Lipinski definition) is 2. The van der Waals surface area contributed by atoms with E-state index in [4.69, 9.17) is 0 Å². The molecule has 1 aliphatic heterocycles. The van der Waals surface area contributed by atoms with Crippen LogP contribution in [0.2, 0.25) is 0 Å². The summed E-state index contributed by atoms with van der Waals surface area (Å²) >= 11 is 0. The minimum absolute atomic E-state index is 0.0681. The maximum atomic E-state index is 12.8. The van der Waals surface area contributed by atoms with Crippen LogP contribution < -0.4 is 10.6 Å². The number of imide groups is 1. The lowest BCUT2D eigenvalue weighted by atomic mass is 9.82. The third kappa shape index (κ3) is 4.54. The highest BCUT2D eigenvalue weighted by molar-refractivity contribution is 6.07. The molecule has 6 heteroatoms. The van der Waals surface area contributed by atoms with Crippen LogP contribution in [0.3, 0.4) is 0 Å². The van der Waals surface area contributed by atoms with Gasteiger partial charge in [-0.05, 0) is 30.7 Å². The summed E-state index contributed by atoms with van der Waals surface area (Å²) in [6, 6.07) is 9.48. The summed E-state index contributed by atoms with van der Waals surface area (Å²) in [4.78, 5) is 38.9. The first-order valence-corrected chi connectivity index (χ1v) is 10.4. The highest BCUT2D eigenvalue weighted by Crippen LogP contribution is 2.33. The molecule has 1 unspecified atom stereocenters. The van der Waals surface area contributed by atoms with Crippen LogP contribution in [0.5, 0.6) is 0 Å². The van der Waals surface area contributed by atoms with Gasteiger partial charge in [0.15, 0.2) is 0 Å². The largest absolute Gasteiger partial charge is 0.349 e. The average molecular weight is 386 g/mol. The molecule has 0 aromatic heterocycles. The van der Waals surface area contributed by atoms with Crippen molar-refractivity contribution in [1.82, 2.24) is 15.5 Å². The van der Waals surface area contributed by atoms with Crippen molar-refractivity contribution >= 4 is 17.8 Å². The second kappa shape index (κ2) is 8.76. The Balaban J connectivity index is 1.58. The van der Waals surface area contributed by atoms with Crippen molar-refractivity contribution in [2.75, 3.05) is 6.54 Å². The molecule has 3 rings (SSSR count). The third-order valence-corrected chi connectivity index (χ3v) is 5.76. The number of amides is 4. The van der Waals surface area contributed by atoms with Crippen molar-refractivity contribution in [2.24, 2.45) is 5.92 Å². The molecular formula is C22H31N3O3. The monoisotopic (exact) mass is 385 g/mol. The Hall–Kier alpha value is -2.37. The van der Waals surface area contributed by atoms with E-state index in [0.717, 1.165) is 31.2 Å². The highest BCUT2D eigenvalue weighted by Gasteiger charge is 2.51. The zero-order valence-corrected chi connectivity index (χ0v) is 16.9. The van der Waals surface area contributed by atoms with Crippen molar-refractivity contribution in [2.45, 2.75) is 70.4 Å². The molecule has 2 aliphatic rings. The van der Waals surface area contributed by atoms with Crippen LogP contribution in [0.1, 0.15) is 70.4 Å². The van der Waals surface area contributed by atoms with Gasteiger partial charge in [-0.15, -0.1) is 0 Å². The Bertz CT molecular complexity index is 711. The molecule has 1 aromatic carbocycles. The molecule has 152 valence electrons. The minimum Gasteiger partial charge on any atom is -0.349 e. The second-order valence-electron chi connectivity index (χ2n) is 8.44. The summed E-state index contributed by atoms with van der Waals surface area (Å²) in [5.41, 5.74) is 0.344. The average Bonchev–Trinajstić information content (AvgIpc) is 2.90. The second-order valence-corrected chi connectivity index (χ2v) is 8.44. The number of rotatable bonds is 7. The summed E-state index contributed by atoms with van der Waals surface area (Å²) in [6.45, 7) is 4.37. The van der Waals surface area contributed by atoms with Crippen LogP contribution in [0.15, 0.2) is 30.3 Å². The Morgan fingerprint density at radius 1 is 1.14 bits per heavy atom. The Morgan fingerprint density at radius 2 is 1.82 bits per heavy atom. The van der Waals surface area contributed by atoms with Gasteiger partial charge < -0.3 is 10.6 Å². The van der Waals surface area contributed by atoms with Gasteiger partial charge in [0.25, 0.3) is 5.91 Å². The maximum Gasteiger partial charge on any atom is 0.325 e. The fourth-order valence-corrected chi connectivity index (χ4v) is 4.29. The maximum absolute atomic E-state index is 12.8. The molecule has 1 saturated carbocycles. The third-order valence-electron chi connectivity index (χ3n) is 5.76. The number of carbonyl (C=O) groups is 3. The normalized spacial score (nSPS) is 19.8. The van der Waals surface area contributed by atoms with Crippen molar-refractivity contribution in [3.05, 3.63) is 35.9 Å². The molecule has 6 nitrogen and oxygen atoms in total. The summed E-state index contributed by atoms with van der Waals surface area (Å²) in [7, 11) is 0. The fourth-order valence-electron chi connectivity index (χ4n) is 4.29. The van der Waals surface area contributed by atoms with Crippen molar-refractivity contribution in [3.8, 4) is 0 Å². The first-order valence-electron chi connectivity index (χ1n) is 10.4. The Morgan fingerprint density at radius 3 is 2.46 bits per heavy atom. The molecule has 4 amide bonds. The van der Waals surface area contributed by atoms with Crippen LogP contribution >= 0.6 is 0 Å². The number of urea groups is 1. The van der Waals surface area contributed by atoms with Crippen molar-refractivity contribution in [3.63, 3.8) is 0 Å². The van der Waals surface area contributed by atoms with E-state index in [2.05, 4.69) is 24.5 Å². The predicted molar refractivity (Wildman–Crippen MR) is 107 cm³/mol. The Labute approximate surface area is 167 Å². The zero-order chi connectivity index (χ0) is 20.1. The van der Waals surface area contributed by atoms with Crippen molar-refractivity contribution in [1.29, 1.82) is 0 Å². The van der Waals surface area contributed by atoms with Gasteiger partial charge in [0.1, 0.15) is 5.54 Å². The number of nitrogens with one attached hydrogen (secondary N) is 2. The van der Waals surface area contributed by atoms with E-state index in [1.807, 2.05) is 30.3 Å². The van der Waals surface area contributed by atoms with Crippen LogP contribution in [0.4, 0.5) is 4.79 Å². The Kier molecular flexibility index (Phi) is 6.37. The molecule has 2 N–H and O–H groups in total. The summed E-state index contributed by atoms with van der Waals surface area (Å²) < 4.78 is 0. The molecule has 1 atom stereocenters. The van der Waals surface area contributed by atoms with Crippen molar-refractivity contribution < 1.29 is 14.4 Å². The number of benzene rings is 1. The van der Waals surface area contributed by atoms with Gasteiger partial charge in [0.2, 0.25) is 5.91 Å². The molecule has 28 heavy (non-hydrogen) atoms.